The van der Waals surface area contributed by atoms with E-state index < -0.39 is 5.97 Å². The van der Waals surface area contributed by atoms with Crippen LogP contribution in [0.15, 0.2) is 54.6 Å². The third kappa shape index (κ3) is 6.08. The van der Waals surface area contributed by atoms with Gasteiger partial charge in [-0.05, 0) is 41.8 Å². The van der Waals surface area contributed by atoms with Gasteiger partial charge in [-0.1, -0.05) is 48.0 Å². The number of carbonyl (C=O) groups excluding carboxylic acids is 2. The Morgan fingerprint density at radius 1 is 1.12 bits per heavy atom. The van der Waals surface area contributed by atoms with Gasteiger partial charge in [0.05, 0.1) is 0 Å². The van der Waals surface area contributed by atoms with Crippen molar-refractivity contribution in [3.05, 3.63) is 76.3 Å². The number of hydrogen-bond acceptors (Lipinski definition) is 3. The second kappa shape index (κ2) is 9.04. The van der Waals surface area contributed by atoms with Gasteiger partial charge in [-0.15, -0.1) is 0 Å². The molecule has 4 nitrogen and oxygen atoms in total. The number of likely N-dealkylation sites (N-methyl/N-ethyl adjacent to an activating group) is 1. The molecule has 130 valence electrons. The molecule has 0 bridgehead atoms. The standard InChI is InChI=1S/C20H20ClNO3/c1-15-5-3-4-6-17(15)9-12-20(24)25-14-19(23)22(2)13-16-7-10-18(21)11-8-16/h3-12H,13-14H2,1-2H3/b12-9+. The van der Waals surface area contributed by atoms with Crippen LogP contribution in [0.1, 0.15) is 16.7 Å². The second-order valence-electron chi connectivity index (χ2n) is 5.67. The molecule has 0 heterocycles. The quantitative estimate of drug-likeness (QED) is 0.582. The highest BCUT2D eigenvalue weighted by Crippen LogP contribution is 2.11. The van der Waals surface area contributed by atoms with E-state index in [1.54, 1.807) is 25.3 Å². The van der Waals surface area contributed by atoms with Gasteiger partial charge in [-0.2, -0.15) is 0 Å². The Labute approximate surface area is 152 Å². The molecular weight excluding hydrogens is 338 g/mol. The van der Waals surface area contributed by atoms with Crippen LogP contribution in [0.5, 0.6) is 0 Å². The molecule has 1 amide bonds. The summed E-state index contributed by atoms with van der Waals surface area (Å²) in [6.07, 6.45) is 3.01. The highest BCUT2D eigenvalue weighted by atomic mass is 35.5. The highest BCUT2D eigenvalue weighted by Gasteiger charge is 2.11. The number of amides is 1. The summed E-state index contributed by atoms with van der Waals surface area (Å²) >= 11 is 5.83. The van der Waals surface area contributed by atoms with Gasteiger partial charge >= 0.3 is 5.97 Å². The van der Waals surface area contributed by atoms with E-state index in [0.717, 1.165) is 16.7 Å². The summed E-state index contributed by atoms with van der Waals surface area (Å²) in [6.45, 7) is 2.09. The molecule has 0 unspecified atom stereocenters. The normalized spacial score (nSPS) is 10.7. The summed E-state index contributed by atoms with van der Waals surface area (Å²) in [5, 5.41) is 0.645. The van der Waals surface area contributed by atoms with E-state index in [9.17, 15) is 9.59 Å². The smallest absolute Gasteiger partial charge is 0.331 e. The number of benzene rings is 2. The number of nitrogens with zero attached hydrogens (tertiary/aromatic N) is 1. The van der Waals surface area contributed by atoms with Crippen LogP contribution in [0.3, 0.4) is 0 Å². The minimum Gasteiger partial charge on any atom is -0.452 e. The summed E-state index contributed by atoms with van der Waals surface area (Å²) in [7, 11) is 1.66. The average molecular weight is 358 g/mol. The van der Waals surface area contributed by atoms with E-state index in [2.05, 4.69) is 0 Å². The molecule has 0 radical (unpaired) electrons. The Morgan fingerprint density at radius 3 is 2.48 bits per heavy atom. The van der Waals surface area contributed by atoms with E-state index in [1.807, 2.05) is 43.3 Å². The summed E-state index contributed by atoms with van der Waals surface area (Å²) in [6, 6.07) is 14.9. The molecule has 5 heteroatoms. The number of esters is 1. The van der Waals surface area contributed by atoms with Crippen LogP contribution in [-0.2, 0) is 20.9 Å². The predicted octanol–water partition coefficient (Wildman–Crippen LogP) is 3.86. The lowest BCUT2D eigenvalue weighted by molar-refractivity contribution is -0.147. The van der Waals surface area contributed by atoms with Crippen molar-refractivity contribution in [1.29, 1.82) is 0 Å². The number of aryl methyl sites for hydroxylation is 1. The van der Waals surface area contributed by atoms with Crippen LogP contribution in [0, 0.1) is 6.92 Å². The molecule has 0 N–H and O–H groups in total. The number of rotatable bonds is 6. The Morgan fingerprint density at radius 2 is 1.80 bits per heavy atom. The number of hydrogen-bond donors (Lipinski definition) is 0. The van der Waals surface area contributed by atoms with Gasteiger partial charge in [-0.3, -0.25) is 4.79 Å². The van der Waals surface area contributed by atoms with Gasteiger partial charge in [-0.25, -0.2) is 4.79 Å². The first-order chi connectivity index (χ1) is 12.0. The molecule has 0 aliphatic rings. The van der Waals surface area contributed by atoms with Crippen LogP contribution in [0.2, 0.25) is 5.02 Å². The highest BCUT2D eigenvalue weighted by molar-refractivity contribution is 6.30. The Bertz CT molecular complexity index is 769. The van der Waals surface area contributed by atoms with Gasteiger partial charge in [0.1, 0.15) is 0 Å². The van der Waals surface area contributed by atoms with Crippen molar-refractivity contribution >= 4 is 29.6 Å². The zero-order valence-electron chi connectivity index (χ0n) is 14.2. The van der Waals surface area contributed by atoms with E-state index in [4.69, 9.17) is 16.3 Å². The van der Waals surface area contributed by atoms with Crippen LogP contribution in [-0.4, -0.2) is 30.4 Å². The molecule has 0 atom stereocenters. The topological polar surface area (TPSA) is 46.6 Å². The first kappa shape index (κ1) is 18.7. The van der Waals surface area contributed by atoms with E-state index in [0.29, 0.717) is 11.6 Å². The fourth-order valence-electron chi connectivity index (χ4n) is 2.17. The Balaban J connectivity index is 1.81. The first-order valence-electron chi connectivity index (χ1n) is 7.84. The summed E-state index contributed by atoms with van der Waals surface area (Å²) in [5.41, 5.74) is 2.95. The molecule has 2 rings (SSSR count). The van der Waals surface area contributed by atoms with E-state index in [1.165, 1.54) is 11.0 Å². The minimum atomic E-state index is -0.545. The van der Waals surface area contributed by atoms with Crippen molar-refractivity contribution in [3.8, 4) is 0 Å². The maximum atomic E-state index is 12.0. The van der Waals surface area contributed by atoms with Crippen molar-refractivity contribution in [1.82, 2.24) is 4.90 Å². The first-order valence-corrected chi connectivity index (χ1v) is 8.22. The molecular formula is C20H20ClNO3. The average Bonchev–Trinajstić information content (AvgIpc) is 2.60. The number of carbonyl (C=O) groups is 2. The van der Waals surface area contributed by atoms with Crippen LogP contribution >= 0.6 is 11.6 Å². The van der Waals surface area contributed by atoms with Crippen LogP contribution < -0.4 is 0 Å². The number of halogens is 1. The Hall–Kier alpha value is -2.59. The van der Waals surface area contributed by atoms with Gasteiger partial charge in [0.25, 0.3) is 5.91 Å². The molecule has 0 saturated carbocycles. The van der Waals surface area contributed by atoms with Crippen LogP contribution in [0.4, 0.5) is 0 Å². The van der Waals surface area contributed by atoms with Crippen molar-refractivity contribution in [3.63, 3.8) is 0 Å². The van der Waals surface area contributed by atoms with Crippen molar-refractivity contribution in [2.24, 2.45) is 0 Å². The maximum absolute atomic E-state index is 12.0. The zero-order valence-corrected chi connectivity index (χ0v) is 15.0. The summed E-state index contributed by atoms with van der Waals surface area (Å²) < 4.78 is 5.01. The van der Waals surface area contributed by atoms with Gasteiger partial charge in [0.15, 0.2) is 6.61 Å². The van der Waals surface area contributed by atoms with Gasteiger partial charge in [0.2, 0.25) is 0 Å². The number of ether oxygens (including phenoxy) is 1. The Kier molecular flexibility index (Phi) is 6.78. The molecule has 0 spiro atoms. The molecule has 0 aliphatic carbocycles. The summed E-state index contributed by atoms with van der Waals surface area (Å²) in [4.78, 5) is 25.3. The zero-order chi connectivity index (χ0) is 18.2. The molecule has 2 aromatic rings. The molecule has 0 aromatic heterocycles. The lowest BCUT2D eigenvalue weighted by Gasteiger charge is -2.17. The summed E-state index contributed by atoms with van der Waals surface area (Å²) in [5.74, 6) is -0.816. The SMILES string of the molecule is Cc1ccccc1/C=C/C(=O)OCC(=O)N(C)Cc1ccc(Cl)cc1. The minimum absolute atomic E-state index is 0.271. The van der Waals surface area contributed by atoms with Crippen molar-refractivity contribution < 1.29 is 14.3 Å². The molecule has 0 aliphatic heterocycles. The lowest BCUT2D eigenvalue weighted by atomic mass is 10.1. The lowest BCUT2D eigenvalue weighted by Crippen LogP contribution is -2.30. The predicted molar refractivity (Wildman–Crippen MR) is 99.1 cm³/mol. The van der Waals surface area contributed by atoms with Crippen molar-refractivity contribution in [2.45, 2.75) is 13.5 Å². The molecule has 25 heavy (non-hydrogen) atoms. The van der Waals surface area contributed by atoms with E-state index in [-0.39, 0.29) is 12.5 Å². The van der Waals surface area contributed by atoms with Gasteiger partial charge < -0.3 is 9.64 Å². The van der Waals surface area contributed by atoms with Gasteiger partial charge in [0, 0.05) is 24.7 Å². The molecule has 0 fully saturated rings. The van der Waals surface area contributed by atoms with Crippen molar-refractivity contribution in [2.75, 3.05) is 13.7 Å². The third-order valence-corrected chi connectivity index (χ3v) is 3.94. The largest absolute Gasteiger partial charge is 0.452 e. The fraction of sp³-hybridized carbons (Fsp3) is 0.200. The molecule has 2 aromatic carbocycles. The fourth-order valence-corrected chi connectivity index (χ4v) is 2.30. The van der Waals surface area contributed by atoms with Crippen LogP contribution in [0.25, 0.3) is 6.08 Å². The van der Waals surface area contributed by atoms with E-state index >= 15 is 0 Å². The monoisotopic (exact) mass is 357 g/mol. The maximum Gasteiger partial charge on any atom is 0.331 e. The third-order valence-electron chi connectivity index (χ3n) is 3.68. The second-order valence-corrected chi connectivity index (χ2v) is 6.11. The molecule has 0 saturated heterocycles.